The summed E-state index contributed by atoms with van der Waals surface area (Å²) in [6, 6.07) is 4.43. The molecule has 9 heteroatoms. The Labute approximate surface area is 160 Å². The molecule has 0 spiro atoms. The van der Waals surface area contributed by atoms with Crippen LogP contribution >= 0.6 is 0 Å². The summed E-state index contributed by atoms with van der Waals surface area (Å²) in [7, 11) is 1.25. The van der Waals surface area contributed by atoms with Gasteiger partial charge in [-0.05, 0) is 17.0 Å². The van der Waals surface area contributed by atoms with E-state index < -0.39 is 22.3 Å². The second-order valence-electron chi connectivity index (χ2n) is 7.55. The standard InChI is InChI=1S/C19H19N3O6/c1-19(2)6-12(23)16-14(7-19)28-18(21)10(8-20)15(16)9-4-11(22(25)26)17(24)13(5-9)27-3/h4-5,15,24H,6-7,21H2,1-3H3. The van der Waals surface area contributed by atoms with Crippen molar-refractivity contribution in [2.45, 2.75) is 32.6 Å². The second-order valence-corrected chi connectivity index (χ2v) is 7.55. The molecule has 28 heavy (non-hydrogen) atoms. The van der Waals surface area contributed by atoms with Crippen LogP contribution in [0.5, 0.6) is 11.5 Å². The smallest absolute Gasteiger partial charge is 0.314 e. The lowest BCUT2D eigenvalue weighted by molar-refractivity contribution is -0.386. The summed E-state index contributed by atoms with van der Waals surface area (Å²) < 4.78 is 10.6. The van der Waals surface area contributed by atoms with Gasteiger partial charge in [0.15, 0.2) is 11.5 Å². The number of carbonyl (C=O) groups excluding carboxylic acids is 1. The number of ether oxygens (including phenoxy) is 2. The van der Waals surface area contributed by atoms with Gasteiger partial charge >= 0.3 is 5.69 Å². The van der Waals surface area contributed by atoms with Crippen molar-refractivity contribution in [3.63, 3.8) is 0 Å². The van der Waals surface area contributed by atoms with E-state index in [9.17, 15) is 25.3 Å². The molecule has 0 aromatic heterocycles. The average Bonchev–Trinajstić information content (AvgIpc) is 2.59. The summed E-state index contributed by atoms with van der Waals surface area (Å²) in [4.78, 5) is 23.5. The number of carbonyl (C=O) groups is 1. The number of nitriles is 1. The maximum atomic E-state index is 12.9. The lowest BCUT2D eigenvalue weighted by atomic mass is 9.70. The predicted molar refractivity (Wildman–Crippen MR) is 97.0 cm³/mol. The van der Waals surface area contributed by atoms with Crippen LogP contribution in [0.1, 0.15) is 38.2 Å². The highest BCUT2D eigenvalue weighted by Crippen LogP contribution is 2.50. The van der Waals surface area contributed by atoms with Crippen LogP contribution in [0.2, 0.25) is 0 Å². The van der Waals surface area contributed by atoms with Gasteiger partial charge < -0.3 is 20.3 Å². The van der Waals surface area contributed by atoms with E-state index >= 15 is 0 Å². The van der Waals surface area contributed by atoms with E-state index in [4.69, 9.17) is 15.2 Å². The lowest BCUT2D eigenvalue weighted by Crippen LogP contribution is -2.33. The number of nitro groups is 1. The van der Waals surface area contributed by atoms with Crippen LogP contribution in [0, 0.1) is 26.9 Å². The van der Waals surface area contributed by atoms with E-state index in [0.29, 0.717) is 12.2 Å². The van der Waals surface area contributed by atoms with Crippen molar-refractivity contribution in [3.05, 3.63) is 50.6 Å². The van der Waals surface area contributed by atoms with Gasteiger partial charge in [-0.2, -0.15) is 5.26 Å². The summed E-state index contributed by atoms with van der Waals surface area (Å²) in [6.45, 7) is 3.84. The number of allylic oxidation sites excluding steroid dienone is 3. The highest BCUT2D eigenvalue weighted by molar-refractivity contribution is 6.00. The van der Waals surface area contributed by atoms with Crippen LogP contribution in [-0.4, -0.2) is 22.9 Å². The third kappa shape index (κ3) is 3.03. The third-order valence-electron chi connectivity index (χ3n) is 4.90. The summed E-state index contributed by atoms with van der Waals surface area (Å²) in [5.74, 6) is -1.72. The first-order valence-corrected chi connectivity index (χ1v) is 8.48. The van der Waals surface area contributed by atoms with E-state index in [1.54, 1.807) is 0 Å². The van der Waals surface area contributed by atoms with Gasteiger partial charge in [-0.3, -0.25) is 14.9 Å². The van der Waals surface area contributed by atoms with Crippen molar-refractivity contribution in [2.75, 3.05) is 7.11 Å². The highest BCUT2D eigenvalue weighted by Gasteiger charge is 2.43. The first-order valence-electron chi connectivity index (χ1n) is 8.48. The zero-order chi connectivity index (χ0) is 20.8. The van der Waals surface area contributed by atoms with Crippen molar-refractivity contribution in [1.82, 2.24) is 0 Å². The largest absolute Gasteiger partial charge is 0.500 e. The number of nitrogens with two attached hydrogens (primary N) is 1. The minimum atomic E-state index is -0.939. The molecule has 0 saturated carbocycles. The Bertz CT molecular complexity index is 1000. The van der Waals surface area contributed by atoms with E-state index in [1.165, 1.54) is 13.2 Å². The molecule has 0 amide bonds. The van der Waals surface area contributed by atoms with E-state index in [2.05, 4.69) is 0 Å². The Hall–Kier alpha value is -3.54. The average molecular weight is 385 g/mol. The predicted octanol–water partition coefficient (Wildman–Crippen LogP) is 2.76. The Morgan fingerprint density at radius 1 is 1.43 bits per heavy atom. The highest BCUT2D eigenvalue weighted by atomic mass is 16.6. The maximum Gasteiger partial charge on any atom is 0.314 e. The Balaban J connectivity index is 2.28. The number of phenols is 1. The van der Waals surface area contributed by atoms with Crippen LogP contribution in [0.3, 0.4) is 0 Å². The molecule has 1 atom stereocenters. The molecule has 9 nitrogen and oxygen atoms in total. The molecular formula is C19H19N3O6. The lowest BCUT2D eigenvalue weighted by Gasteiger charge is -2.37. The number of aromatic hydroxyl groups is 1. The van der Waals surface area contributed by atoms with E-state index in [0.717, 1.165) is 6.07 Å². The van der Waals surface area contributed by atoms with Crippen molar-refractivity contribution in [2.24, 2.45) is 11.1 Å². The van der Waals surface area contributed by atoms with Crippen LogP contribution in [0.25, 0.3) is 0 Å². The first-order chi connectivity index (χ1) is 13.1. The van der Waals surface area contributed by atoms with E-state index in [1.807, 2.05) is 19.9 Å². The van der Waals surface area contributed by atoms with Gasteiger partial charge in [0.2, 0.25) is 11.6 Å². The molecule has 1 heterocycles. The molecule has 2 aliphatic rings. The zero-order valence-electron chi connectivity index (χ0n) is 15.6. The number of ketones is 1. The second kappa shape index (κ2) is 6.56. The molecule has 0 bridgehead atoms. The number of nitro benzene ring substituents is 1. The fourth-order valence-corrected chi connectivity index (χ4v) is 3.69. The fraction of sp³-hybridized carbons (Fsp3) is 0.368. The Kier molecular flexibility index (Phi) is 4.51. The van der Waals surface area contributed by atoms with Gasteiger partial charge in [0.25, 0.3) is 0 Å². The van der Waals surface area contributed by atoms with Gasteiger partial charge in [0, 0.05) is 24.5 Å². The van der Waals surface area contributed by atoms with Crippen molar-refractivity contribution in [3.8, 4) is 17.6 Å². The SMILES string of the molecule is COc1cc(C2C(C#N)=C(N)OC3=C2C(=O)CC(C)(C)C3)cc([N+](=O)[O-])c1O. The monoisotopic (exact) mass is 385 g/mol. The summed E-state index contributed by atoms with van der Waals surface area (Å²) in [5.41, 5.74) is 5.47. The van der Waals surface area contributed by atoms with Crippen LogP contribution in [-0.2, 0) is 9.53 Å². The zero-order valence-corrected chi connectivity index (χ0v) is 15.6. The first kappa shape index (κ1) is 19.2. The number of phenolic OH excluding ortho intramolecular Hbond substituents is 1. The third-order valence-corrected chi connectivity index (χ3v) is 4.90. The number of methoxy groups -OCH3 is 1. The van der Waals surface area contributed by atoms with Crippen LogP contribution in [0.15, 0.2) is 34.9 Å². The number of nitrogens with zero attached hydrogens (tertiary/aromatic N) is 2. The molecule has 0 fully saturated rings. The summed E-state index contributed by atoms with van der Waals surface area (Å²) in [6.07, 6.45) is 0.670. The van der Waals surface area contributed by atoms with E-state index in [-0.39, 0.29) is 46.0 Å². The summed E-state index contributed by atoms with van der Waals surface area (Å²) in [5, 5.41) is 31.0. The molecule has 1 aliphatic carbocycles. The Morgan fingerprint density at radius 3 is 2.68 bits per heavy atom. The quantitative estimate of drug-likeness (QED) is 0.596. The molecule has 3 N–H and O–H groups in total. The molecule has 1 unspecified atom stereocenters. The molecule has 146 valence electrons. The maximum absolute atomic E-state index is 12.9. The molecule has 0 radical (unpaired) electrons. The minimum absolute atomic E-state index is 0.0196. The van der Waals surface area contributed by atoms with Gasteiger partial charge in [0.1, 0.15) is 17.4 Å². The number of benzene rings is 1. The topological polar surface area (TPSA) is 149 Å². The molecule has 3 rings (SSSR count). The molecule has 1 aromatic rings. The molecule has 1 aromatic carbocycles. The van der Waals surface area contributed by atoms with Crippen LogP contribution < -0.4 is 10.5 Å². The van der Waals surface area contributed by atoms with Gasteiger partial charge in [-0.15, -0.1) is 0 Å². The minimum Gasteiger partial charge on any atom is -0.500 e. The number of hydrogen-bond acceptors (Lipinski definition) is 8. The van der Waals surface area contributed by atoms with Crippen molar-refractivity contribution < 1.29 is 24.3 Å². The fourth-order valence-electron chi connectivity index (χ4n) is 3.69. The van der Waals surface area contributed by atoms with Gasteiger partial charge in [0.05, 0.1) is 18.0 Å². The van der Waals surface area contributed by atoms with Gasteiger partial charge in [-0.1, -0.05) is 13.8 Å². The van der Waals surface area contributed by atoms with Crippen LogP contribution in [0.4, 0.5) is 5.69 Å². The normalized spacial score (nSPS) is 20.9. The van der Waals surface area contributed by atoms with Gasteiger partial charge in [-0.25, -0.2) is 0 Å². The molecule has 1 aliphatic heterocycles. The molecule has 0 saturated heterocycles. The van der Waals surface area contributed by atoms with Crippen molar-refractivity contribution >= 4 is 11.5 Å². The molecular weight excluding hydrogens is 366 g/mol. The van der Waals surface area contributed by atoms with Crippen molar-refractivity contribution in [1.29, 1.82) is 5.26 Å². The number of hydrogen-bond donors (Lipinski definition) is 2. The number of rotatable bonds is 3. The Morgan fingerprint density at radius 2 is 2.11 bits per heavy atom. The summed E-state index contributed by atoms with van der Waals surface area (Å²) >= 11 is 0. The number of Topliss-reactive ketones (excluding diaryl/α,β-unsaturated/α-hetero) is 1.